The van der Waals surface area contributed by atoms with Crippen LogP contribution in [0.15, 0.2) is 108 Å². The first-order valence-electron chi connectivity index (χ1n) is 10.6. The van der Waals surface area contributed by atoms with Crippen molar-refractivity contribution in [1.82, 2.24) is 4.98 Å². The number of nitrogens with zero attached hydrogens (tertiary/aromatic N) is 2. The Hall–Kier alpha value is -3.61. The molecule has 0 aliphatic rings. The van der Waals surface area contributed by atoms with Crippen molar-refractivity contribution in [3.05, 3.63) is 121 Å². The molecule has 0 unspecified atom stereocenters. The molecule has 0 N–H and O–H groups in total. The van der Waals surface area contributed by atoms with Crippen LogP contribution in [-0.4, -0.2) is 11.2 Å². The van der Waals surface area contributed by atoms with Crippen LogP contribution in [0.1, 0.15) is 5.69 Å². The Morgan fingerprint density at radius 3 is 2.42 bits per heavy atom. The minimum atomic E-state index is 0. The van der Waals surface area contributed by atoms with Gasteiger partial charge in [0.25, 0.3) is 0 Å². The number of pyridine rings is 1. The predicted octanol–water partition coefficient (Wildman–Crippen LogP) is 7.56. The van der Waals surface area contributed by atoms with Gasteiger partial charge in [-0.1, -0.05) is 71.4 Å². The first-order valence-corrected chi connectivity index (χ1v) is 10.6. The summed E-state index contributed by atoms with van der Waals surface area (Å²) in [4.78, 5) is 9.36. The summed E-state index contributed by atoms with van der Waals surface area (Å²) >= 11 is 0. The van der Waals surface area contributed by atoms with E-state index in [1.54, 1.807) is 0 Å². The van der Waals surface area contributed by atoms with Gasteiger partial charge in [-0.05, 0) is 11.5 Å². The van der Waals surface area contributed by atoms with E-state index in [2.05, 4.69) is 71.7 Å². The second-order valence-electron chi connectivity index (χ2n) is 7.73. The Bertz CT molecular complexity index is 1630. The van der Waals surface area contributed by atoms with E-state index >= 15 is 0 Å². The molecule has 0 atom stereocenters. The van der Waals surface area contributed by atoms with E-state index in [0.717, 1.165) is 49.4 Å². The molecule has 6 rings (SSSR count). The van der Waals surface area contributed by atoms with E-state index in [-0.39, 0.29) is 21.1 Å². The van der Waals surface area contributed by atoms with Gasteiger partial charge >= 0.3 is 21.1 Å². The smallest absolute Gasteiger partial charge is 0.293 e. The van der Waals surface area contributed by atoms with Crippen LogP contribution < -0.4 is 0 Å². The zero-order valence-electron chi connectivity index (χ0n) is 17.6. The Kier molecular flexibility index (Phi) is 5.86. The van der Waals surface area contributed by atoms with E-state index in [1.165, 1.54) is 5.39 Å². The Labute approximate surface area is 206 Å². The maximum atomic E-state index is 4.83. The second-order valence-corrected chi connectivity index (χ2v) is 7.73. The Balaban J connectivity index is 0.00000228. The third-order valence-electron chi connectivity index (χ3n) is 5.78. The molecule has 5 aromatic carbocycles. The van der Waals surface area contributed by atoms with Crippen molar-refractivity contribution in [2.24, 2.45) is 4.99 Å². The average Bonchev–Trinajstić information content (AvgIpc) is 2.87. The van der Waals surface area contributed by atoms with Gasteiger partial charge in [0, 0.05) is 23.5 Å². The number of aliphatic imine (C=N–C) groups is 1. The van der Waals surface area contributed by atoms with Crippen molar-refractivity contribution in [3.8, 4) is 11.1 Å². The standard InChI is InChI=1S/C30H18N2.Pt/c1-3-11-25-21(7-1)9-5-13-26(25)24-16-15-22-10-6-14-29(28(22)19-24)32-20-30-27-12-4-2-8-23(27)17-18-31-30;/h1-10,12-18,20H;/q-2;+2. The summed E-state index contributed by atoms with van der Waals surface area (Å²) in [5, 5.41) is 6.63. The van der Waals surface area contributed by atoms with Crippen molar-refractivity contribution in [2.75, 3.05) is 0 Å². The summed E-state index contributed by atoms with van der Waals surface area (Å²) in [5.74, 6) is 0. The molecule has 0 spiro atoms. The predicted molar refractivity (Wildman–Crippen MR) is 134 cm³/mol. The van der Waals surface area contributed by atoms with Crippen LogP contribution in [0, 0.1) is 12.1 Å². The minimum absolute atomic E-state index is 0. The number of rotatable bonds is 3. The average molecular weight is 602 g/mol. The van der Waals surface area contributed by atoms with Gasteiger partial charge in [0.05, 0.1) is 5.69 Å². The quantitative estimate of drug-likeness (QED) is 0.152. The third kappa shape index (κ3) is 3.99. The first kappa shape index (κ1) is 21.2. The summed E-state index contributed by atoms with van der Waals surface area (Å²) in [5.41, 5.74) is 3.90. The second kappa shape index (κ2) is 9.09. The normalized spacial score (nSPS) is 11.3. The molecule has 1 aromatic heterocycles. The van der Waals surface area contributed by atoms with Crippen LogP contribution >= 0.6 is 0 Å². The number of hydrogen-bond donors (Lipinski definition) is 0. The molecule has 0 fully saturated rings. The molecule has 0 aliphatic carbocycles. The molecule has 0 radical (unpaired) electrons. The van der Waals surface area contributed by atoms with Crippen LogP contribution in [0.3, 0.4) is 0 Å². The van der Waals surface area contributed by atoms with Gasteiger partial charge in [0.15, 0.2) is 0 Å². The van der Waals surface area contributed by atoms with Crippen molar-refractivity contribution < 1.29 is 21.1 Å². The molecule has 0 aliphatic heterocycles. The molecule has 0 saturated carbocycles. The Morgan fingerprint density at radius 2 is 1.48 bits per heavy atom. The number of aromatic nitrogens is 1. The summed E-state index contributed by atoms with van der Waals surface area (Å²) in [7, 11) is 0. The molecule has 158 valence electrons. The zero-order valence-corrected chi connectivity index (χ0v) is 19.9. The molecule has 0 saturated heterocycles. The van der Waals surface area contributed by atoms with Gasteiger partial charge < -0.3 is 0 Å². The molecule has 0 bridgehead atoms. The summed E-state index contributed by atoms with van der Waals surface area (Å²) < 4.78 is 0. The van der Waals surface area contributed by atoms with Crippen LogP contribution in [-0.2, 0) is 21.1 Å². The maximum Gasteiger partial charge on any atom is 2.00 e. The minimum Gasteiger partial charge on any atom is -0.293 e. The fourth-order valence-electron chi connectivity index (χ4n) is 4.20. The van der Waals surface area contributed by atoms with Gasteiger partial charge in [-0.2, -0.15) is 0 Å². The van der Waals surface area contributed by atoms with E-state index in [4.69, 9.17) is 4.99 Å². The van der Waals surface area contributed by atoms with Gasteiger partial charge in [0.2, 0.25) is 0 Å². The van der Waals surface area contributed by atoms with Crippen LogP contribution in [0.25, 0.3) is 43.4 Å². The van der Waals surface area contributed by atoms with Crippen molar-refractivity contribution in [2.45, 2.75) is 0 Å². The third-order valence-corrected chi connectivity index (χ3v) is 5.78. The fraction of sp³-hybridized carbons (Fsp3) is 0. The molecule has 0 amide bonds. The maximum absolute atomic E-state index is 4.83. The van der Waals surface area contributed by atoms with Crippen molar-refractivity contribution in [3.63, 3.8) is 0 Å². The molecule has 2 nitrogen and oxygen atoms in total. The van der Waals surface area contributed by atoms with Crippen molar-refractivity contribution >= 4 is 44.2 Å². The molecule has 1 heterocycles. The Morgan fingerprint density at radius 1 is 0.697 bits per heavy atom. The van der Waals surface area contributed by atoms with Gasteiger partial charge in [-0.25, -0.2) is 0 Å². The van der Waals surface area contributed by atoms with Gasteiger partial charge in [0.1, 0.15) is 0 Å². The molecular formula is C30H18N2Pt. The zero-order chi connectivity index (χ0) is 21.3. The van der Waals surface area contributed by atoms with Crippen molar-refractivity contribution in [1.29, 1.82) is 0 Å². The largest absolute Gasteiger partial charge is 2.00 e. The fourth-order valence-corrected chi connectivity index (χ4v) is 4.20. The number of fused-ring (bicyclic) bond motifs is 3. The van der Waals surface area contributed by atoms with E-state index < -0.39 is 0 Å². The first-order chi connectivity index (χ1) is 15.9. The van der Waals surface area contributed by atoms with Gasteiger partial charge in [-0.3, -0.25) is 9.98 Å². The molecule has 6 aromatic rings. The molecular weight excluding hydrogens is 583 g/mol. The number of benzene rings is 5. The van der Waals surface area contributed by atoms with Gasteiger partial charge in [-0.15, -0.1) is 64.4 Å². The number of hydrogen-bond acceptors (Lipinski definition) is 2. The SMILES string of the molecule is [Pt+2].[c-]1c(-c2cccc3ccc[c-]c23)ccc2cccc(N=Cc3nccc4ccccc34)c12. The summed E-state index contributed by atoms with van der Waals surface area (Å²) in [6.45, 7) is 0. The van der Waals surface area contributed by atoms with E-state index in [1.807, 2.05) is 54.9 Å². The van der Waals surface area contributed by atoms with Crippen LogP contribution in [0.4, 0.5) is 5.69 Å². The molecule has 3 heteroatoms. The summed E-state index contributed by atoms with van der Waals surface area (Å²) in [6, 6.07) is 40.1. The van der Waals surface area contributed by atoms with Crippen LogP contribution in [0.2, 0.25) is 0 Å². The van der Waals surface area contributed by atoms with Crippen LogP contribution in [0.5, 0.6) is 0 Å². The monoisotopic (exact) mass is 601 g/mol. The molecule has 33 heavy (non-hydrogen) atoms. The summed E-state index contributed by atoms with van der Waals surface area (Å²) in [6.07, 6.45) is 3.68. The topological polar surface area (TPSA) is 25.2 Å². The van der Waals surface area contributed by atoms with E-state index in [9.17, 15) is 0 Å². The van der Waals surface area contributed by atoms with E-state index in [0.29, 0.717) is 0 Å².